The summed E-state index contributed by atoms with van der Waals surface area (Å²) in [4.78, 5) is 12.9. The number of nitrogens with zero attached hydrogens (tertiary/aromatic N) is 1. The summed E-state index contributed by atoms with van der Waals surface area (Å²) in [7, 11) is -2.09. The molecule has 1 amide bonds. The van der Waals surface area contributed by atoms with Gasteiger partial charge < -0.3 is 10.1 Å². The van der Waals surface area contributed by atoms with E-state index in [-0.39, 0.29) is 35.9 Å². The van der Waals surface area contributed by atoms with Gasteiger partial charge in [-0.05, 0) is 49.6 Å². The number of methoxy groups -OCH3 is 1. The van der Waals surface area contributed by atoms with Crippen LogP contribution < -0.4 is 10.1 Å². The van der Waals surface area contributed by atoms with Gasteiger partial charge in [-0.3, -0.25) is 4.79 Å². The highest BCUT2D eigenvalue weighted by Gasteiger charge is 2.33. The molecule has 0 aliphatic carbocycles. The number of amides is 1. The molecule has 0 aromatic heterocycles. The topological polar surface area (TPSA) is 75.7 Å². The van der Waals surface area contributed by atoms with Gasteiger partial charge in [0.2, 0.25) is 15.9 Å². The van der Waals surface area contributed by atoms with Crippen LogP contribution in [0.1, 0.15) is 37.8 Å². The normalized spacial score (nSPS) is 16.8. The SMILES string of the molecule is CCC(NC(=O)C1CCN(S(=O)(=O)c2ccc(F)cc2)CC1)c1ccccc1OC. The third kappa shape index (κ3) is 4.82. The zero-order chi connectivity index (χ0) is 21.7. The van der Waals surface area contributed by atoms with Crippen molar-refractivity contribution in [3.63, 3.8) is 0 Å². The lowest BCUT2D eigenvalue weighted by Gasteiger charge is -2.31. The van der Waals surface area contributed by atoms with Crippen LogP contribution in [0, 0.1) is 11.7 Å². The minimum absolute atomic E-state index is 0.0639. The van der Waals surface area contributed by atoms with Crippen LogP contribution in [-0.4, -0.2) is 38.8 Å². The van der Waals surface area contributed by atoms with Gasteiger partial charge in [0.05, 0.1) is 18.0 Å². The van der Waals surface area contributed by atoms with Crippen LogP contribution in [0.3, 0.4) is 0 Å². The lowest BCUT2D eigenvalue weighted by atomic mass is 9.95. The van der Waals surface area contributed by atoms with Gasteiger partial charge in [0.25, 0.3) is 0 Å². The van der Waals surface area contributed by atoms with Crippen LogP contribution >= 0.6 is 0 Å². The van der Waals surface area contributed by atoms with Gasteiger partial charge in [-0.25, -0.2) is 12.8 Å². The number of para-hydroxylation sites is 1. The van der Waals surface area contributed by atoms with Crippen LogP contribution in [0.25, 0.3) is 0 Å². The Kier molecular flexibility index (Phi) is 7.10. The van der Waals surface area contributed by atoms with Crippen LogP contribution in [0.5, 0.6) is 5.75 Å². The first kappa shape index (κ1) is 22.2. The molecule has 1 aliphatic heterocycles. The Bertz CT molecular complexity index is 971. The summed E-state index contributed by atoms with van der Waals surface area (Å²) in [6.07, 6.45) is 1.59. The first-order valence-electron chi connectivity index (χ1n) is 10.1. The van der Waals surface area contributed by atoms with Gasteiger partial charge in [0.15, 0.2) is 0 Å². The Morgan fingerprint density at radius 1 is 1.17 bits per heavy atom. The van der Waals surface area contributed by atoms with E-state index in [9.17, 15) is 17.6 Å². The van der Waals surface area contributed by atoms with Crippen molar-refractivity contribution in [2.45, 2.75) is 37.1 Å². The number of carbonyl (C=O) groups is 1. The van der Waals surface area contributed by atoms with E-state index in [2.05, 4.69) is 5.32 Å². The van der Waals surface area contributed by atoms with Crippen LogP contribution in [-0.2, 0) is 14.8 Å². The van der Waals surface area contributed by atoms with E-state index in [0.717, 1.165) is 23.4 Å². The number of rotatable bonds is 7. The number of piperidine rings is 1. The Morgan fingerprint density at radius 3 is 2.40 bits per heavy atom. The van der Waals surface area contributed by atoms with E-state index in [1.807, 2.05) is 31.2 Å². The quantitative estimate of drug-likeness (QED) is 0.724. The number of hydrogen-bond donors (Lipinski definition) is 1. The van der Waals surface area contributed by atoms with E-state index < -0.39 is 15.8 Å². The number of benzene rings is 2. The number of carbonyl (C=O) groups excluding carboxylic acids is 1. The molecule has 1 unspecified atom stereocenters. The third-order valence-corrected chi connectivity index (χ3v) is 7.43. The summed E-state index contributed by atoms with van der Waals surface area (Å²) in [5.41, 5.74) is 0.923. The number of hydrogen-bond acceptors (Lipinski definition) is 4. The fraction of sp³-hybridized carbons (Fsp3) is 0.409. The molecule has 1 saturated heterocycles. The van der Waals surface area contributed by atoms with E-state index in [0.29, 0.717) is 19.3 Å². The van der Waals surface area contributed by atoms with Crippen molar-refractivity contribution < 1.29 is 22.3 Å². The summed E-state index contributed by atoms with van der Waals surface area (Å²) in [5, 5.41) is 3.09. The van der Waals surface area contributed by atoms with Crippen molar-refractivity contribution in [1.82, 2.24) is 9.62 Å². The second-order valence-corrected chi connectivity index (χ2v) is 9.28. The fourth-order valence-corrected chi connectivity index (χ4v) is 5.23. The molecule has 0 bridgehead atoms. The number of nitrogens with one attached hydrogen (secondary N) is 1. The van der Waals surface area contributed by atoms with E-state index in [1.54, 1.807) is 7.11 Å². The smallest absolute Gasteiger partial charge is 0.243 e. The monoisotopic (exact) mass is 434 g/mol. The Balaban J connectivity index is 1.63. The second kappa shape index (κ2) is 9.57. The number of ether oxygens (including phenoxy) is 1. The highest BCUT2D eigenvalue weighted by molar-refractivity contribution is 7.89. The molecule has 1 N–H and O–H groups in total. The van der Waals surface area contributed by atoms with Gasteiger partial charge in [-0.1, -0.05) is 25.1 Å². The maximum absolute atomic E-state index is 13.1. The summed E-state index contributed by atoms with van der Waals surface area (Å²) in [5.74, 6) is -0.0882. The molecule has 8 heteroatoms. The molecular weight excluding hydrogens is 407 g/mol. The molecule has 0 radical (unpaired) electrons. The van der Waals surface area contributed by atoms with E-state index in [4.69, 9.17) is 4.74 Å². The molecule has 162 valence electrons. The first-order chi connectivity index (χ1) is 14.4. The highest BCUT2D eigenvalue weighted by atomic mass is 32.2. The predicted molar refractivity (Wildman–Crippen MR) is 112 cm³/mol. The van der Waals surface area contributed by atoms with Crippen molar-refractivity contribution in [2.24, 2.45) is 5.92 Å². The van der Waals surface area contributed by atoms with Crippen molar-refractivity contribution in [1.29, 1.82) is 0 Å². The fourth-order valence-electron chi connectivity index (χ4n) is 3.76. The summed E-state index contributed by atoms with van der Waals surface area (Å²) in [6.45, 7) is 2.50. The van der Waals surface area contributed by atoms with Crippen LogP contribution in [0.4, 0.5) is 4.39 Å². The number of sulfonamides is 1. The summed E-state index contributed by atoms with van der Waals surface area (Å²) in [6, 6.07) is 12.2. The zero-order valence-corrected chi connectivity index (χ0v) is 18.0. The summed E-state index contributed by atoms with van der Waals surface area (Å²) < 4.78 is 45.4. The molecule has 1 heterocycles. The lowest BCUT2D eigenvalue weighted by Crippen LogP contribution is -2.43. The van der Waals surface area contributed by atoms with Crippen LogP contribution in [0.15, 0.2) is 53.4 Å². The van der Waals surface area contributed by atoms with E-state index >= 15 is 0 Å². The largest absolute Gasteiger partial charge is 0.496 e. The van der Waals surface area contributed by atoms with Gasteiger partial charge >= 0.3 is 0 Å². The minimum atomic E-state index is -3.69. The molecule has 1 fully saturated rings. The molecule has 2 aromatic carbocycles. The molecule has 0 spiro atoms. The van der Waals surface area contributed by atoms with Gasteiger partial charge in [0.1, 0.15) is 11.6 Å². The molecule has 30 heavy (non-hydrogen) atoms. The predicted octanol–water partition coefficient (Wildman–Crippen LogP) is 3.50. The highest BCUT2D eigenvalue weighted by Crippen LogP contribution is 2.29. The molecular formula is C22H27FN2O4S. The molecule has 6 nitrogen and oxygen atoms in total. The molecule has 3 rings (SSSR count). The van der Waals surface area contributed by atoms with Gasteiger partial charge in [0, 0.05) is 24.6 Å². The number of halogens is 1. The van der Waals surface area contributed by atoms with Crippen molar-refractivity contribution in [2.75, 3.05) is 20.2 Å². The lowest BCUT2D eigenvalue weighted by molar-refractivity contribution is -0.126. The molecule has 2 aromatic rings. The molecule has 1 atom stereocenters. The minimum Gasteiger partial charge on any atom is -0.496 e. The second-order valence-electron chi connectivity index (χ2n) is 7.34. The molecule has 1 aliphatic rings. The average molecular weight is 435 g/mol. The Morgan fingerprint density at radius 2 is 1.80 bits per heavy atom. The maximum atomic E-state index is 13.1. The summed E-state index contributed by atoms with van der Waals surface area (Å²) >= 11 is 0. The standard InChI is InChI=1S/C22H27FN2O4S/c1-3-20(19-6-4-5-7-21(19)29-2)24-22(26)16-12-14-25(15-13-16)30(27,28)18-10-8-17(23)9-11-18/h4-11,16,20H,3,12-15H2,1-2H3,(H,24,26). The van der Waals surface area contributed by atoms with E-state index in [1.165, 1.54) is 16.4 Å². The Hall–Kier alpha value is -2.45. The first-order valence-corrected chi connectivity index (χ1v) is 11.5. The maximum Gasteiger partial charge on any atom is 0.243 e. The third-order valence-electron chi connectivity index (χ3n) is 5.52. The average Bonchev–Trinajstić information content (AvgIpc) is 2.77. The van der Waals surface area contributed by atoms with Crippen LogP contribution in [0.2, 0.25) is 0 Å². The van der Waals surface area contributed by atoms with Crippen molar-refractivity contribution >= 4 is 15.9 Å². The zero-order valence-electron chi connectivity index (χ0n) is 17.2. The van der Waals surface area contributed by atoms with Gasteiger partial charge in [-0.2, -0.15) is 4.31 Å². The molecule has 0 saturated carbocycles. The van der Waals surface area contributed by atoms with Gasteiger partial charge in [-0.15, -0.1) is 0 Å². The van der Waals surface area contributed by atoms with Crippen molar-refractivity contribution in [3.05, 3.63) is 59.9 Å². The van der Waals surface area contributed by atoms with Crippen molar-refractivity contribution in [3.8, 4) is 5.75 Å². The Labute approximate surface area is 177 Å².